The maximum absolute atomic E-state index is 11.3. The number of rotatable bonds is 4. The second kappa shape index (κ2) is 7.03. The number of imidazole rings is 1. The number of carbonyl (C=O) groups excluding carboxylic acids is 1. The van der Waals surface area contributed by atoms with Crippen LogP contribution in [0.3, 0.4) is 0 Å². The molecule has 7 heteroatoms. The molecule has 4 aromatic rings. The average molecular weight is 374 g/mol. The number of hydrogen-bond donors (Lipinski definition) is 2. The lowest BCUT2D eigenvalue weighted by Crippen LogP contribution is -2.05. The highest BCUT2D eigenvalue weighted by Crippen LogP contribution is 2.32. The first-order chi connectivity index (χ1) is 13.5. The summed E-state index contributed by atoms with van der Waals surface area (Å²) in [6, 6.07) is 16.4. The average Bonchev–Trinajstić information content (AvgIpc) is 3.11. The van der Waals surface area contributed by atoms with E-state index in [0.29, 0.717) is 17.1 Å². The summed E-state index contributed by atoms with van der Waals surface area (Å²) < 4.78 is 6.94. The van der Waals surface area contributed by atoms with Gasteiger partial charge in [-0.05, 0) is 42.5 Å². The van der Waals surface area contributed by atoms with Crippen LogP contribution in [-0.4, -0.2) is 32.7 Å². The summed E-state index contributed by atoms with van der Waals surface area (Å²) in [5.41, 5.74) is 4.61. The van der Waals surface area contributed by atoms with Crippen molar-refractivity contribution >= 4 is 17.2 Å². The van der Waals surface area contributed by atoms with E-state index in [-0.39, 0.29) is 11.7 Å². The van der Waals surface area contributed by atoms with Crippen molar-refractivity contribution in [3.63, 3.8) is 0 Å². The molecule has 1 amide bonds. The summed E-state index contributed by atoms with van der Waals surface area (Å²) in [6.45, 7) is 1.47. The van der Waals surface area contributed by atoms with Crippen molar-refractivity contribution in [1.29, 1.82) is 0 Å². The SMILES string of the molecule is COc1cc(-c2cnc3ccc(-c4cccc(NC(C)=O)c4)nn23)ccc1O. The number of amides is 1. The Balaban J connectivity index is 1.80. The molecular formula is C21H18N4O3. The van der Waals surface area contributed by atoms with E-state index in [1.807, 2.05) is 36.4 Å². The van der Waals surface area contributed by atoms with Crippen molar-refractivity contribution in [3.05, 3.63) is 60.8 Å². The van der Waals surface area contributed by atoms with Crippen LogP contribution in [0, 0.1) is 0 Å². The lowest BCUT2D eigenvalue weighted by atomic mass is 10.1. The van der Waals surface area contributed by atoms with Crippen molar-refractivity contribution in [3.8, 4) is 34.0 Å². The predicted octanol–water partition coefficient (Wildman–Crippen LogP) is 3.74. The number of aromatic hydroxyl groups is 1. The minimum absolute atomic E-state index is 0.0727. The van der Waals surface area contributed by atoms with Gasteiger partial charge in [-0.15, -0.1) is 0 Å². The van der Waals surface area contributed by atoms with Crippen molar-refractivity contribution in [2.45, 2.75) is 6.92 Å². The predicted molar refractivity (Wildman–Crippen MR) is 106 cm³/mol. The molecule has 0 fully saturated rings. The molecule has 4 rings (SSSR count). The van der Waals surface area contributed by atoms with Gasteiger partial charge in [-0.25, -0.2) is 9.50 Å². The highest BCUT2D eigenvalue weighted by atomic mass is 16.5. The molecule has 0 aliphatic heterocycles. The smallest absolute Gasteiger partial charge is 0.221 e. The zero-order valence-electron chi connectivity index (χ0n) is 15.4. The summed E-state index contributed by atoms with van der Waals surface area (Å²) in [6.07, 6.45) is 1.73. The Morgan fingerprint density at radius 1 is 1.11 bits per heavy atom. The van der Waals surface area contributed by atoms with Crippen LogP contribution in [0.2, 0.25) is 0 Å². The van der Waals surface area contributed by atoms with Gasteiger partial charge in [0.2, 0.25) is 5.91 Å². The summed E-state index contributed by atoms with van der Waals surface area (Å²) in [5, 5.41) is 17.3. The van der Waals surface area contributed by atoms with Gasteiger partial charge in [0.15, 0.2) is 17.1 Å². The molecule has 0 saturated carbocycles. The minimum atomic E-state index is -0.126. The van der Waals surface area contributed by atoms with Gasteiger partial charge < -0.3 is 15.2 Å². The molecule has 0 radical (unpaired) electrons. The van der Waals surface area contributed by atoms with Gasteiger partial charge >= 0.3 is 0 Å². The Morgan fingerprint density at radius 3 is 2.75 bits per heavy atom. The number of ether oxygens (including phenoxy) is 1. The number of anilines is 1. The van der Waals surface area contributed by atoms with Crippen molar-refractivity contribution in [2.75, 3.05) is 12.4 Å². The first-order valence-electron chi connectivity index (χ1n) is 8.65. The summed E-state index contributed by atoms with van der Waals surface area (Å²) >= 11 is 0. The van der Waals surface area contributed by atoms with Crippen molar-refractivity contribution in [1.82, 2.24) is 14.6 Å². The molecule has 0 atom stereocenters. The minimum Gasteiger partial charge on any atom is -0.504 e. The number of nitrogens with zero attached hydrogens (tertiary/aromatic N) is 3. The lowest BCUT2D eigenvalue weighted by Gasteiger charge is -2.08. The van der Waals surface area contributed by atoms with Crippen molar-refractivity contribution in [2.24, 2.45) is 0 Å². The lowest BCUT2D eigenvalue weighted by molar-refractivity contribution is -0.114. The number of hydrogen-bond acceptors (Lipinski definition) is 5. The van der Waals surface area contributed by atoms with Gasteiger partial charge in [0.05, 0.1) is 24.7 Å². The Morgan fingerprint density at radius 2 is 1.96 bits per heavy atom. The van der Waals surface area contributed by atoms with Crippen molar-refractivity contribution < 1.29 is 14.6 Å². The fraction of sp³-hybridized carbons (Fsp3) is 0.0952. The third-order valence-corrected chi connectivity index (χ3v) is 4.32. The molecule has 0 spiro atoms. The molecule has 0 aliphatic rings. The van der Waals surface area contributed by atoms with E-state index in [1.54, 1.807) is 28.9 Å². The number of benzene rings is 2. The molecule has 0 saturated heterocycles. The normalized spacial score (nSPS) is 10.8. The van der Waals surface area contributed by atoms with Gasteiger partial charge in [-0.1, -0.05) is 12.1 Å². The Labute approximate surface area is 161 Å². The van der Waals surface area contributed by atoms with Crippen LogP contribution in [-0.2, 0) is 4.79 Å². The highest BCUT2D eigenvalue weighted by Gasteiger charge is 2.12. The largest absolute Gasteiger partial charge is 0.504 e. The van der Waals surface area contributed by atoms with E-state index in [4.69, 9.17) is 9.84 Å². The standard InChI is InChI=1S/C21H18N4O3/c1-13(26)23-16-5-3-4-14(10-16)17-7-9-21-22-12-18(25(21)24-17)15-6-8-19(27)20(11-15)28-2/h3-12,27H,1-2H3,(H,23,26). The second-order valence-electron chi connectivity index (χ2n) is 6.28. The summed E-state index contributed by atoms with van der Waals surface area (Å²) in [5.74, 6) is 0.328. The third kappa shape index (κ3) is 3.25. The monoisotopic (exact) mass is 374 g/mol. The molecule has 140 valence electrons. The Bertz CT molecular complexity index is 1180. The number of carbonyl (C=O) groups is 1. The molecule has 7 nitrogen and oxygen atoms in total. The van der Waals surface area contributed by atoms with E-state index >= 15 is 0 Å². The number of phenolic OH excluding ortho intramolecular Hbond substituents is 1. The van der Waals surface area contributed by atoms with E-state index in [0.717, 1.165) is 22.5 Å². The highest BCUT2D eigenvalue weighted by molar-refractivity contribution is 5.89. The zero-order valence-corrected chi connectivity index (χ0v) is 15.4. The number of aromatic nitrogens is 3. The molecule has 0 aliphatic carbocycles. The molecular weight excluding hydrogens is 356 g/mol. The van der Waals surface area contributed by atoms with Crippen LogP contribution < -0.4 is 10.1 Å². The molecule has 2 aromatic carbocycles. The summed E-state index contributed by atoms with van der Waals surface area (Å²) in [4.78, 5) is 15.7. The van der Waals surface area contributed by atoms with Crippen LogP contribution in [0.15, 0.2) is 60.8 Å². The Kier molecular flexibility index (Phi) is 4.41. The van der Waals surface area contributed by atoms with Gasteiger partial charge in [-0.2, -0.15) is 5.10 Å². The van der Waals surface area contributed by atoms with Crippen LogP contribution in [0.4, 0.5) is 5.69 Å². The van der Waals surface area contributed by atoms with E-state index in [2.05, 4.69) is 10.3 Å². The number of fused-ring (bicyclic) bond motifs is 1. The number of nitrogens with one attached hydrogen (secondary N) is 1. The van der Waals surface area contributed by atoms with E-state index in [1.165, 1.54) is 14.0 Å². The molecule has 28 heavy (non-hydrogen) atoms. The zero-order chi connectivity index (χ0) is 19.7. The molecule has 2 heterocycles. The number of phenols is 1. The van der Waals surface area contributed by atoms with Crippen LogP contribution in [0.1, 0.15) is 6.92 Å². The van der Waals surface area contributed by atoms with Gasteiger partial charge in [0, 0.05) is 23.7 Å². The van der Waals surface area contributed by atoms with E-state index in [9.17, 15) is 9.90 Å². The first kappa shape index (κ1) is 17.5. The molecule has 0 bridgehead atoms. The fourth-order valence-corrected chi connectivity index (χ4v) is 3.02. The van der Waals surface area contributed by atoms with Gasteiger partial charge in [-0.3, -0.25) is 4.79 Å². The molecule has 2 aromatic heterocycles. The fourth-order valence-electron chi connectivity index (χ4n) is 3.02. The summed E-state index contributed by atoms with van der Waals surface area (Å²) in [7, 11) is 1.51. The van der Waals surface area contributed by atoms with Crippen LogP contribution in [0.25, 0.3) is 28.2 Å². The first-order valence-corrected chi connectivity index (χ1v) is 8.65. The maximum atomic E-state index is 11.3. The number of methoxy groups -OCH3 is 1. The Hall–Kier alpha value is -3.87. The quantitative estimate of drug-likeness (QED) is 0.568. The topological polar surface area (TPSA) is 88.8 Å². The second-order valence-corrected chi connectivity index (χ2v) is 6.28. The third-order valence-electron chi connectivity index (χ3n) is 4.32. The van der Waals surface area contributed by atoms with Crippen LogP contribution in [0.5, 0.6) is 11.5 Å². The van der Waals surface area contributed by atoms with Crippen LogP contribution >= 0.6 is 0 Å². The van der Waals surface area contributed by atoms with Gasteiger partial charge in [0.25, 0.3) is 0 Å². The van der Waals surface area contributed by atoms with E-state index < -0.39 is 0 Å². The molecule has 0 unspecified atom stereocenters. The molecule has 2 N–H and O–H groups in total. The van der Waals surface area contributed by atoms with Gasteiger partial charge in [0.1, 0.15) is 0 Å². The maximum Gasteiger partial charge on any atom is 0.221 e.